The monoisotopic (exact) mass is 371 g/mol. The summed E-state index contributed by atoms with van der Waals surface area (Å²) in [6.07, 6.45) is 0.493. The lowest BCUT2D eigenvalue weighted by atomic mass is 9.92. The van der Waals surface area contributed by atoms with Crippen molar-refractivity contribution in [3.8, 4) is 0 Å². The number of nitrogens with one attached hydrogen (secondary N) is 1. The van der Waals surface area contributed by atoms with Gasteiger partial charge in [0.05, 0.1) is 12.0 Å². The van der Waals surface area contributed by atoms with E-state index in [1.54, 1.807) is 16.7 Å². The number of hydrogen-bond acceptors (Lipinski definition) is 5. The number of nitrogens with two attached hydrogens (primary N) is 2. The van der Waals surface area contributed by atoms with Gasteiger partial charge in [-0.3, -0.25) is 14.4 Å². The van der Waals surface area contributed by atoms with Gasteiger partial charge in [-0.25, -0.2) is 4.99 Å². The smallest absolute Gasteiger partial charge is 0.306 e. The predicted molar refractivity (Wildman–Crippen MR) is 95.0 cm³/mol. The van der Waals surface area contributed by atoms with E-state index in [1.165, 1.54) is 6.92 Å². The summed E-state index contributed by atoms with van der Waals surface area (Å²) < 4.78 is 0. The van der Waals surface area contributed by atoms with Gasteiger partial charge in [0.2, 0.25) is 11.8 Å². The number of aliphatic carboxylic acids is 1. The lowest BCUT2D eigenvalue weighted by Crippen LogP contribution is -2.55. The summed E-state index contributed by atoms with van der Waals surface area (Å²) in [5, 5.41) is 12.0. The number of rotatable bonds is 5. The fourth-order valence-corrected chi connectivity index (χ4v) is 4.40. The molecule has 0 aromatic carbocycles. The van der Waals surface area contributed by atoms with Crippen LogP contribution < -0.4 is 16.8 Å². The molecule has 2 amide bonds. The number of aliphatic imine (C=N–C) groups is 1. The number of thioether (sulfide) groups is 1. The fourth-order valence-electron chi connectivity index (χ4n) is 3.50. The van der Waals surface area contributed by atoms with Crippen molar-refractivity contribution < 1.29 is 19.5 Å². The molecule has 140 valence electrons. The van der Waals surface area contributed by atoms with Crippen molar-refractivity contribution >= 4 is 35.5 Å². The van der Waals surface area contributed by atoms with Crippen LogP contribution in [0.15, 0.2) is 4.99 Å². The number of carboxylic acid groups (broad SMARTS) is 1. The average molecular weight is 371 g/mol. The maximum Gasteiger partial charge on any atom is 0.306 e. The predicted octanol–water partition coefficient (Wildman–Crippen LogP) is -1.18. The Labute approximate surface area is 150 Å². The van der Waals surface area contributed by atoms with Crippen molar-refractivity contribution in [2.24, 2.45) is 28.3 Å². The lowest BCUT2D eigenvalue weighted by Gasteiger charge is -2.34. The second-order valence-corrected chi connectivity index (χ2v) is 7.63. The van der Waals surface area contributed by atoms with Crippen LogP contribution in [0, 0.1) is 11.8 Å². The highest BCUT2D eigenvalue weighted by Gasteiger charge is 2.45. The topological polar surface area (TPSA) is 151 Å². The molecule has 1 aliphatic carbocycles. The third kappa shape index (κ3) is 5.00. The van der Waals surface area contributed by atoms with E-state index in [1.807, 2.05) is 0 Å². The zero-order valence-electron chi connectivity index (χ0n) is 14.2. The zero-order chi connectivity index (χ0) is 18.6. The first-order chi connectivity index (χ1) is 11.8. The van der Waals surface area contributed by atoms with Crippen molar-refractivity contribution in [3.05, 3.63) is 0 Å². The number of carboxylic acids is 1. The van der Waals surface area contributed by atoms with E-state index in [0.29, 0.717) is 13.1 Å². The zero-order valence-corrected chi connectivity index (χ0v) is 15.0. The molecule has 1 heterocycles. The van der Waals surface area contributed by atoms with Gasteiger partial charge in [0, 0.05) is 37.4 Å². The van der Waals surface area contributed by atoms with Gasteiger partial charge in [0.15, 0.2) is 5.96 Å². The molecule has 6 N–H and O–H groups in total. The molecule has 4 atom stereocenters. The Bertz CT molecular complexity index is 560. The summed E-state index contributed by atoms with van der Waals surface area (Å²) in [6, 6.07) is -1.33. The summed E-state index contributed by atoms with van der Waals surface area (Å²) in [7, 11) is 0. The average Bonchev–Trinajstić information content (AvgIpc) is 2.95. The number of amides is 2. The minimum atomic E-state index is -0.943. The van der Waals surface area contributed by atoms with Gasteiger partial charge in [0.25, 0.3) is 0 Å². The van der Waals surface area contributed by atoms with E-state index < -0.39 is 29.9 Å². The van der Waals surface area contributed by atoms with Crippen LogP contribution in [0.25, 0.3) is 0 Å². The maximum absolute atomic E-state index is 13.0. The first-order valence-corrected chi connectivity index (χ1v) is 9.40. The van der Waals surface area contributed by atoms with Crippen LogP contribution in [-0.2, 0) is 14.4 Å². The normalized spacial score (nSPS) is 27.4. The minimum Gasteiger partial charge on any atom is -0.481 e. The van der Waals surface area contributed by atoms with E-state index in [4.69, 9.17) is 11.5 Å². The van der Waals surface area contributed by atoms with Crippen LogP contribution in [0.4, 0.5) is 0 Å². The highest BCUT2D eigenvalue weighted by molar-refractivity contribution is 7.99. The van der Waals surface area contributed by atoms with Crippen LogP contribution in [0.3, 0.4) is 0 Å². The largest absolute Gasteiger partial charge is 0.481 e. The van der Waals surface area contributed by atoms with E-state index in [0.717, 1.165) is 11.5 Å². The van der Waals surface area contributed by atoms with Crippen molar-refractivity contribution in [3.63, 3.8) is 0 Å². The number of carbonyl (C=O) groups excluding carboxylic acids is 2. The quantitative estimate of drug-likeness (QED) is 0.351. The first-order valence-electron chi connectivity index (χ1n) is 8.24. The first kappa shape index (κ1) is 19.4. The molecule has 2 unspecified atom stereocenters. The van der Waals surface area contributed by atoms with Gasteiger partial charge in [-0.1, -0.05) is 0 Å². The number of carbonyl (C=O) groups is 3. The van der Waals surface area contributed by atoms with Gasteiger partial charge < -0.3 is 26.8 Å². The highest BCUT2D eigenvalue weighted by Crippen LogP contribution is 2.36. The van der Waals surface area contributed by atoms with Crippen molar-refractivity contribution in [2.75, 3.05) is 24.6 Å². The Morgan fingerprint density at radius 2 is 1.88 bits per heavy atom. The van der Waals surface area contributed by atoms with Gasteiger partial charge in [-0.2, -0.15) is 11.8 Å². The summed E-state index contributed by atoms with van der Waals surface area (Å²) in [5.74, 6) is -1.02. The third-order valence-corrected chi connectivity index (χ3v) is 5.56. The van der Waals surface area contributed by atoms with Crippen LogP contribution in [0.1, 0.15) is 19.8 Å². The van der Waals surface area contributed by atoms with Crippen LogP contribution in [-0.4, -0.2) is 70.4 Å². The maximum atomic E-state index is 13.0. The molecule has 1 aliphatic heterocycles. The molecule has 1 saturated carbocycles. The summed E-state index contributed by atoms with van der Waals surface area (Å²) in [6.45, 7) is 2.56. The molecule has 25 heavy (non-hydrogen) atoms. The van der Waals surface area contributed by atoms with Gasteiger partial charge in [-0.15, -0.1) is 0 Å². The van der Waals surface area contributed by atoms with Gasteiger partial charge in [0.1, 0.15) is 6.04 Å². The molecular formula is C15H25N5O4S. The van der Waals surface area contributed by atoms with E-state index >= 15 is 0 Å². The molecule has 9 nitrogen and oxygen atoms in total. The second kappa shape index (κ2) is 8.41. The Hall–Kier alpha value is -1.97. The molecule has 0 aromatic heterocycles. The highest BCUT2D eigenvalue weighted by atomic mass is 32.2. The number of nitrogens with zero attached hydrogens (tertiary/aromatic N) is 2. The summed E-state index contributed by atoms with van der Waals surface area (Å²) in [5.41, 5.74) is 10.9. The van der Waals surface area contributed by atoms with Crippen LogP contribution >= 0.6 is 11.8 Å². The Kier molecular flexibility index (Phi) is 6.51. The fraction of sp³-hybridized carbons (Fsp3) is 0.733. The number of hydrogen-bond donors (Lipinski definition) is 4. The third-order valence-electron chi connectivity index (χ3n) is 4.62. The van der Waals surface area contributed by atoms with Gasteiger partial charge >= 0.3 is 5.97 Å². The molecule has 2 rings (SSSR count). The molecule has 0 spiro atoms. The van der Waals surface area contributed by atoms with E-state index in [2.05, 4.69) is 10.3 Å². The Balaban J connectivity index is 2.26. The van der Waals surface area contributed by atoms with Crippen molar-refractivity contribution in [2.45, 2.75) is 31.8 Å². The van der Waals surface area contributed by atoms with E-state index in [-0.39, 0.29) is 30.6 Å². The lowest BCUT2D eigenvalue weighted by molar-refractivity contribution is -0.142. The Morgan fingerprint density at radius 1 is 1.24 bits per heavy atom. The molecular weight excluding hydrogens is 346 g/mol. The second-order valence-electron chi connectivity index (χ2n) is 6.41. The number of guanidine groups is 1. The minimum absolute atomic E-state index is 0.149. The standard InChI is InChI=1S/C15H25N5O4S/c1-8(21)18-12(13(22)20-2-4-25-5-3-20)10-6-9(14(23)24)7-11(10)19-15(16)17/h9-12H,2-7H2,1H3,(H,18,21)(H,23,24)(H4,16,17,19)/t9?,10-,11-,12?/m0/s1. The molecule has 2 aliphatic rings. The summed E-state index contributed by atoms with van der Waals surface area (Å²) in [4.78, 5) is 41.9. The molecule has 1 saturated heterocycles. The molecule has 10 heteroatoms. The van der Waals surface area contributed by atoms with Crippen LogP contribution in [0.2, 0.25) is 0 Å². The SMILES string of the molecule is CC(=O)NC(C(=O)N1CCSCC1)[C@H]1CC(C(=O)O)C[C@@H]1N=C(N)N. The van der Waals surface area contributed by atoms with Crippen molar-refractivity contribution in [1.82, 2.24) is 10.2 Å². The molecule has 2 fully saturated rings. The molecule has 0 radical (unpaired) electrons. The van der Waals surface area contributed by atoms with Crippen LogP contribution in [0.5, 0.6) is 0 Å². The Morgan fingerprint density at radius 3 is 2.40 bits per heavy atom. The van der Waals surface area contributed by atoms with Crippen molar-refractivity contribution in [1.29, 1.82) is 0 Å². The summed E-state index contributed by atoms with van der Waals surface area (Å²) >= 11 is 1.77. The molecule has 0 bridgehead atoms. The molecule has 0 aromatic rings. The van der Waals surface area contributed by atoms with E-state index in [9.17, 15) is 19.5 Å². The van der Waals surface area contributed by atoms with Gasteiger partial charge in [-0.05, 0) is 12.8 Å².